The summed E-state index contributed by atoms with van der Waals surface area (Å²) in [6, 6.07) is 0.421. The largest absolute Gasteiger partial charge is 0.357 e. The van der Waals surface area contributed by atoms with Crippen LogP contribution >= 0.6 is 11.6 Å². The van der Waals surface area contributed by atoms with Crippen LogP contribution in [-0.2, 0) is 0 Å². The van der Waals surface area contributed by atoms with E-state index in [9.17, 15) is 0 Å². The van der Waals surface area contributed by atoms with Crippen LogP contribution in [0.25, 0.3) is 0 Å². The van der Waals surface area contributed by atoms with Crippen LogP contribution in [0.2, 0.25) is 5.28 Å². The van der Waals surface area contributed by atoms with Gasteiger partial charge >= 0.3 is 0 Å². The smallest absolute Gasteiger partial charge is 0.231 e. The van der Waals surface area contributed by atoms with Crippen molar-refractivity contribution in [2.45, 2.75) is 33.2 Å². The maximum atomic E-state index is 5.94. The Bertz CT molecular complexity index is 425. The first-order valence-electron chi connectivity index (χ1n) is 6.37. The lowest BCUT2D eigenvalue weighted by Crippen LogP contribution is -2.46. The van der Waals surface area contributed by atoms with Gasteiger partial charge in [0.25, 0.3) is 0 Å². The van der Waals surface area contributed by atoms with Gasteiger partial charge in [-0.2, -0.15) is 15.0 Å². The van der Waals surface area contributed by atoms with E-state index in [0.29, 0.717) is 29.8 Å². The van der Waals surface area contributed by atoms with Crippen LogP contribution in [0.15, 0.2) is 0 Å². The van der Waals surface area contributed by atoms with Gasteiger partial charge in [0.1, 0.15) is 0 Å². The molecule has 0 amide bonds. The highest BCUT2D eigenvalue weighted by molar-refractivity contribution is 6.28. The van der Waals surface area contributed by atoms with Gasteiger partial charge in [-0.15, -0.1) is 0 Å². The van der Waals surface area contributed by atoms with Gasteiger partial charge in [0.2, 0.25) is 17.2 Å². The van der Waals surface area contributed by atoms with E-state index >= 15 is 0 Å². The molecule has 0 aromatic carbocycles. The van der Waals surface area contributed by atoms with Crippen molar-refractivity contribution in [2.24, 2.45) is 11.8 Å². The average molecular weight is 270 g/mol. The molecule has 0 aliphatic carbocycles. The molecule has 2 heterocycles. The SMILES string of the molecule is CNc1nc(Cl)nc(N2CC(C)CC(C)C2C)n1. The minimum Gasteiger partial charge on any atom is -0.357 e. The molecule has 1 aliphatic rings. The maximum absolute atomic E-state index is 5.94. The summed E-state index contributed by atoms with van der Waals surface area (Å²) < 4.78 is 0. The van der Waals surface area contributed by atoms with Crippen molar-refractivity contribution >= 4 is 23.5 Å². The number of anilines is 2. The highest BCUT2D eigenvalue weighted by Crippen LogP contribution is 2.30. The number of hydrogen-bond donors (Lipinski definition) is 1. The number of nitrogens with zero attached hydrogens (tertiary/aromatic N) is 4. The minimum absolute atomic E-state index is 0.238. The van der Waals surface area contributed by atoms with Gasteiger partial charge < -0.3 is 10.2 Å². The molecule has 1 aromatic heterocycles. The van der Waals surface area contributed by atoms with Crippen molar-refractivity contribution in [3.63, 3.8) is 0 Å². The van der Waals surface area contributed by atoms with Gasteiger partial charge in [0.05, 0.1) is 0 Å². The van der Waals surface area contributed by atoms with E-state index in [1.807, 2.05) is 0 Å². The summed E-state index contributed by atoms with van der Waals surface area (Å²) in [7, 11) is 1.78. The third kappa shape index (κ3) is 2.66. The highest BCUT2D eigenvalue weighted by atomic mass is 35.5. The molecule has 0 saturated carbocycles. The number of hydrogen-bond acceptors (Lipinski definition) is 5. The quantitative estimate of drug-likeness (QED) is 0.894. The van der Waals surface area contributed by atoms with Crippen LogP contribution in [-0.4, -0.2) is 34.6 Å². The molecule has 0 spiro atoms. The van der Waals surface area contributed by atoms with E-state index < -0.39 is 0 Å². The monoisotopic (exact) mass is 269 g/mol. The Morgan fingerprint density at radius 3 is 2.61 bits per heavy atom. The zero-order valence-electron chi connectivity index (χ0n) is 11.3. The normalized spacial score (nSPS) is 28.3. The zero-order chi connectivity index (χ0) is 13.3. The molecule has 5 nitrogen and oxygen atoms in total. The Morgan fingerprint density at radius 2 is 1.94 bits per heavy atom. The highest BCUT2D eigenvalue weighted by Gasteiger charge is 2.30. The maximum Gasteiger partial charge on any atom is 0.231 e. The van der Waals surface area contributed by atoms with E-state index in [2.05, 4.69) is 45.9 Å². The first-order chi connectivity index (χ1) is 8.51. The lowest BCUT2D eigenvalue weighted by Gasteiger charge is -2.41. The molecule has 1 N–H and O–H groups in total. The predicted octanol–water partition coefficient (Wildman–Crippen LogP) is 2.44. The Balaban J connectivity index is 2.31. The molecule has 1 aliphatic heterocycles. The van der Waals surface area contributed by atoms with Crippen LogP contribution < -0.4 is 10.2 Å². The molecule has 3 unspecified atom stereocenters. The van der Waals surface area contributed by atoms with E-state index in [1.165, 1.54) is 6.42 Å². The summed E-state index contributed by atoms with van der Waals surface area (Å²) in [5.74, 6) is 2.46. The molecular weight excluding hydrogens is 250 g/mol. The average Bonchev–Trinajstić information content (AvgIpc) is 2.32. The molecule has 0 bridgehead atoms. The zero-order valence-corrected chi connectivity index (χ0v) is 12.1. The molecule has 6 heteroatoms. The van der Waals surface area contributed by atoms with Crippen molar-refractivity contribution in [1.29, 1.82) is 0 Å². The third-order valence-electron chi connectivity index (χ3n) is 3.67. The fourth-order valence-corrected chi connectivity index (χ4v) is 2.71. The second-order valence-electron chi connectivity index (χ2n) is 5.19. The Hall–Kier alpha value is -1.10. The topological polar surface area (TPSA) is 53.9 Å². The van der Waals surface area contributed by atoms with Gasteiger partial charge in [0, 0.05) is 19.6 Å². The number of aromatic nitrogens is 3. The van der Waals surface area contributed by atoms with Crippen LogP contribution in [0.1, 0.15) is 27.2 Å². The first-order valence-corrected chi connectivity index (χ1v) is 6.75. The van der Waals surface area contributed by atoms with Gasteiger partial charge in [-0.3, -0.25) is 0 Å². The summed E-state index contributed by atoms with van der Waals surface area (Å²) in [4.78, 5) is 14.9. The first kappa shape index (κ1) is 13.3. The van der Waals surface area contributed by atoms with Crippen molar-refractivity contribution in [2.75, 3.05) is 23.8 Å². The standard InChI is InChI=1S/C12H20ClN5/c1-7-5-8(2)9(3)18(6-7)12-16-10(13)15-11(14-4)17-12/h7-9H,5-6H2,1-4H3,(H,14,15,16,17). The Labute approximate surface area is 113 Å². The number of halogens is 1. The summed E-state index contributed by atoms with van der Waals surface area (Å²) in [6.45, 7) is 7.72. The molecule has 2 rings (SSSR count). The molecule has 18 heavy (non-hydrogen) atoms. The Morgan fingerprint density at radius 1 is 1.22 bits per heavy atom. The van der Waals surface area contributed by atoms with Crippen molar-refractivity contribution in [1.82, 2.24) is 15.0 Å². The fraction of sp³-hybridized carbons (Fsp3) is 0.750. The number of piperidine rings is 1. The van der Waals surface area contributed by atoms with Crippen molar-refractivity contribution in [3.05, 3.63) is 5.28 Å². The van der Waals surface area contributed by atoms with Gasteiger partial charge in [-0.25, -0.2) is 0 Å². The van der Waals surface area contributed by atoms with E-state index in [-0.39, 0.29) is 5.28 Å². The van der Waals surface area contributed by atoms with Gasteiger partial charge in [-0.1, -0.05) is 13.8 Å². The summed E-state index contributed by atoms with van der Waals surface area (Å²) in [5, 5.41) is 3.15. The van der Waals surface area contributed by atoms with E-state index in [1.54, 1.807) is 7.05 Å². The van der Waals surface area contributed by atoms with Crippen LogP contribution in [0.3, 0.4) is 0 Å². The minimum atomic E-state index is 0.238. The fourth-order valence-electron chi connectivity index (χ4n) is 2.56. The molecule has 1 saturated heterocycles. The molecule has 1 aromatic rings. The van der Waals surface area contributed by atoms with Crippen molar-refractivity contribution < 1.29 is 0 Å². The lowest BCUT2D eigenvalue weighted by molar-refractivity contribution is 0.293. The number of rotatable bonds is 2. The summed E-state index contributed by atoms with van der Waals surface area (Å²) in [6.07, 6.45) is 1.25. The van der Waals surface area contributed by atoms with Crippen LogP contribution in [0.4, 0.5) is 11.9 Å². The predicted molar refractivity (Wildman–Crippen MR) is 74.1 cm³/mol. The van der Waals surface area contributed by atoms with Crippen LogP contribution in [0.5, 0.6) is 0 Å². The second kappa shape index (κ2) is 5.26. The van der Waals surface area contributed by atoms with Gasteiger partial charge in [0.15, 0.2) is 0 Å². The molecule has 0 radical (unpaired) electrons. The molecule has 3 atom stereocenters. The summed E-state index contributed by atoms with van der Waals surface area (Å²) >= 11 is 5.94. The summed E-state index contributed by atoms with van der Waals surface area (Å²) in [5.41, 5.74) is 0. The van der Waals surface area contributed by atoms with Crippen molar-refractivity contribution in [3.8, 4) is 0 Å². The van der Waals surface area contributed by atoms with E-state index in [0.717, 1.165) is 6.54 Å². The van der Waals surface area contributed by atoms with Gasteiger partial charge in [-0.05, 0) is 36.8 Å². The molecule has 1 fully saturated rings. The molecular formula is C12H20ClN5. The Kier molecular flexibility index (Phi) is 3.90. The molecule has 100 valence electrons. The van der Waals surface area contributed by atoms with E-state index in [4.69, 9.17) is 11.6 Å². The van der Waals surface area contributed by atoms with Crippen LogP contribution in [0, 0.1) is 11.8 Å². The lowest BCUT2D eigenvalue weighted by atomic mass is 9.86. The number of nitrogens with one attached hydrogen (secondary N) is 1. The third-order valence-corrected chi connectivity index (χ3v) is 3.84. The second-order valence-corrected chi connectivity index (χ2v) is 5.53.